The molecule has 300 valence electrons. The van der Waals surface area contributed by atoms with Crippen LogP contribution in [0.15, 0.2) is 126 Å². The van der Waals surface area contributed by atoms with Gasteiger partial charge in [0, 0.05) is 49.8 Å². The fourth-order valence-electron chi connectivity index (χ4n) is 8.55. The molecule has 0 saturated carbocycles. The van der Waals surface area contributed by atoms with Gasteiger partial charge >= 0.3 is 6.09 Å². The highest BCUT2D eigenvalue weighted by Gasteiger charge is 2.44. The lowest BCUT2D eigenvalue weighted by atomic mass is 9.72. The third-order valence-electron chi connectivity index (χ3n) is 11.4. The van der Waals surface area contributed by atoms with Crippen LogP contribution in [0, 0.1) is 12.8 Å². The van der Waals surface area contributed by atoms with Crippen LogP contribution in [0.2, 0.25) is 0 Å². The van der Waals surface area contributed by atoms with Crippen molar-refractivity contribution in [3.63, 3.8) is 0 Å². The molecule has 2 N–H and O–H groups in total. The number of nitrogens with zero attached hydrogens (tertiary/aromatic N) is 1. The molecule has 0 unspecified atom stereocenters. The predicted octanol–water partition coefficient (Wildman–Crippen LogP) is 6.78. The lowest BCUT2D eigenvalue weighted by Crippen LogP contribution is -2.56. The van der Waals surface area contributed by atoms with E-state index in [0.717, 1.165) is 38.9 Å². The average Bonchev–Trinajstić information content (AvgIpc) is 3.56. The van der Waals surface area contributed by atoms with Crippen molar-refractivity contribution < 1.29 is 37.0 Å². The Labute approximate surface area is 339 Å². The largest absolute Gasteiger partial charge is 0.457 e. The Kier molecular flexibility index (Phi) is 11.4. The molecule has 3 aliphatic rings. The van der Waals surface area contributed by atoms with Crippen LogP contribution in [0.1, 0.15) is 40.2 Å². The maximum atomic E-state index is 14.5. The van der Waals surface area contributed by atoms with E-state index in [1.165, 1.54) is 4.90 Å². The molecule has 5 aromatic carbocycles. The van der Waals surface area contributed by atoms with E-state index in [9.17, 15) is 18.0 Å². The molecule has 0 bridgehead atoms. The molecule has 1 fully saturated rings. The topological polar surface area (TPSA) is 132 Å². The molecule has 1 saturated heterocycles. The van der Waals surface area contributed by atoms with Gasteiger partial charge in [-0.1, -0.05) is 103 Å². The van der Waals surface area contributed by atoms with Gasteiger partial charge in [-0.3, -0.25) is 4.79 Å². The van der Waals surface area contributed by atoms with Gasteiger partial charge in [-0.25, -0.2) is 17.9 Å². The standard InChI is InChI=1S/C46H47N3O8S/c1-31-19-21-34(22-20-31)58(52,53)48-33-25-32(26-49(27-33)45(51)56-28-39-37-13-5-3-11-35(37)36-12-4-6-14-38(36)39)44(50)47-29-46(30-55-24-23-54-2)40-15-7-9-17-42(40)57-43-18-10-8-16-41(43)46/h3-22,32-33,39,48H,23-30H2,1-2H3,(H,47,50)/t32-,33+/m0/s1. The Hall–Kier alpha value is -5.53. The highest BCUT2D eigenvalue weighted by atomic mass is 32.2. The summed E-state index contributed by atoms with van der Waals surface area (Å²) in [6.45, 7) is 3.16. The van der Waals surface area contributed by atoms with Gasteiger partial charge in [-0.05, 0) is 59.9 Å². The van der Waals surface area contributed by atoms with Gasteiger partial charge in [0.2, 0.25) is 15.9 Å². The number of piperidine rings is 1. The second-order valence-corrected chi connectivity index (χ2v) is 16.9. The zero-order valence-corrected chi connectivity index (χ0v) is 33.4. The Balaban J connectivity index is 1.05. The second-order valence-electron chi connectivity index (χ2n) is 15.2. The van der Waals surface area contributed by atoms with E-state index in [-0.39, 0.29) is 56.0 Å². The summed E-state index contributed by atoms with van der Waals surface area (Å²) < 4.78 is 54.0. The number of methoxy groups -OCH3 is 1. The molecule has 8 rings (SSSR count). The molecular weight excluding hydrogens is 755 g/mol. The average molecular weight is 802 g/mol. The summed E-state index contributed by atoms with van der Waals surface area (Å²) in [6.07, 6.45) is -0.452. The lowest BCUT2D eigenvalue weighted by Gasteiger charge is -2.41. The molecule has 0 radical (unpaired) electrons. The van der Waals surface area contributed by atoms with E-state index >= 15 is 0 Å². The molecule has 2 heterocycles. The molecule has 0 spiro atoms. The number of benzene rings is 5. The van der Waals surface area contributed by atoms with E-state index in [2.05, 4.69) is 34.3 Å². The third-order valence-corrected chi connectivity index (χ3v) is 13.0. The van der Waals surface area contributed by atoms with Crippen molar-refractivity contribution in [2.24, 2.45) is 5.92 Å². The van der Waals surface area contributed by atoms with Crippen molar-refractivity contribution >= 4 is 22.0 Å². The van der Waals surface area contributed by atoms with E-state index in [0.29, 0.717) is 24.7 Å². The summed E-state index contributed by atoms with van der Waals surface area (Å²) in [5.74, 6) is 0.0691. The smallest absolute Gasteiger partial charge is 0.409 e. The van der Waals surface area contributed by atoms with Crippen LogP contribution < -0.4 is 14.8 Å². The number of sulfonamides is 1. The van der Waals surface area contributed by atoms with Crippen molar-refractivity contribution in [1.29, 1.82) is 0 Å². The van der Waals surface area contributed by atoms with Gasteiger partial charge in [0.15, 0.2) is 0 Å². The first kappa shape index (κ1) is 39.3. The van der Waals surface area contributed by atoms with Gasteiger partial charge in [0.1, 0.15) is 18.1 Å². The number of hydrogen-bond acceptors (Lipinski definition) is 8. The molecule has 1 aliphatic carbocycles. The molecule has 2 amide bonds. The molecule has 0 aromatic heterocycles. The molecule has 11 nitrogen and oxygen atoms in total. The zero-order chi connectivity index (χ0) is 40.3. The molecular formula is C46H47N3O8S. The Morgan fingerprint density at radius 2 is 1.40 bits per heavy atom. The maximum absolute atomic E-state index is 14.5. The number of likely N-dealkylation sites (tertiary alicyclic amines) is 1. The van der Waals surface area contributed by atoms with Crippen molar-refractivity contribution in [2.45, 2.75) is 35.6 Å². The van der Waals surface area contributed by atoms with Gasteiger partial charge < -0.3 is 29.2 Å². The second kappa shape index (κ2) is 16.8. The lowest BCUT2D eigenvalue weighted by molar-refractivity contribution is -0.127. The fraction of sp³-hybridized carbons (Fsp3) is 0.304. The number of carbonyl (C=O) groups is 2. The fourth-order valence-corrected chi connectivity index (χ4v) is 9.79. The number of hydrogen-bond donors (Lipinski definition) is 2. The summed E-state index contributed by atoms with van der Waals surface area (Å²) in [4.78, 5) is 30.0. The monoisotopic (exact) mass is 801 g/mol. The van der Waals surface area contributed by atoms with E-state index in [4.69, 9.17) is 18.9 Å². The predicted molar refractivity (Wildman–Crippen MR) is 219 cm³/mol. The number of carbonyl (C=O) groups excluding carboxylic acids is 2. The number of nitrogens with one attached hydrogen (secondary N) is 2. The first-order valence-corrected chi connectivity index (χ1v) is 21.1. The van der Waals surface area contributed by atoms with Crippen LogP contribution in [0.3, 0.4) is 0 Å². The number of para-hydroxylation sites is 2. The first-order valence-electron chi connectivity index (χ1n) is 19.6. The molecule has 2 aliphatic heterocycles. The third kappa shape index (κ3) is 7.85. The molecule has 58 heavy (non-hydrogen) atoms. The Morgan fingerprint density at radius 1 is 0.793 bits per heavy atom. The molecule has 2 atom stereocenters. The van der Waals surface area contributed by atoms with Crippen molar-refractivity contribution in [1.82, 2.24) is 14.9 Å². The number of rotatable bonds is 13. The first-order chi connectivity index (χ1) is 28.2. The van der Waals surface area contributed by atoms with Crippen LogP contribution >= 0.6 is 0 Å². The van der Waals surface area contributed by atoms with E-state index < -0.39 is 33.5 Å². The minimum atomic E-state index is -3.99. The summed E-state index contributed by atoms with van der Waals surface area (Å²) in [5, 5.41) is 3.20. The number of ether oxygens (including phenoxy) is 4. The normalized spacial score (nSPS) is 17.9. The molecule has 12 heteroatoms. The summed E-state index contributed by atoms with van der Waals surface area (Å²) >= 11 is 0. The van der Waals surface area contributed by atoms with Crippen molar-refractivity contribution in [2.75, 3.05) is 53.2 Å². The summed E-state index contributed by atoms with van der Waals surface area (Å²) in [7, 11) is -2.38. The minimum absolute atomic E-state index is 0.0287. The number of fused-ring (bicyclic) bond motifs is 5. The van der Waals surface area contributed by atoms with Gasteiger partial charge in [0.25, 0.3) is 0 Å². The molecule has 5 aromatic rings. The highest BCUT2D eigenvalue weighted by Crippen LogP contribution is 2.48. The quantitative estimate of drug-likeness (QED) is 0.125. The van der Waals surface area contributed by atoms with Gasteiger partial charge in [-0.2, -0.15) is 0 Å². The van der Waals surface area contributed by atoms with Gasteiger partial charge in [-0.15, -0.1) is 0 Å². The van der Waals surface area contributed by atoms with Crippen LogP contribution in [-0.4, -0.2) is 84.5 Å². The van der Waals surface area contributed by atoms with Crippen LogP contribution in [-0.2, 0) is 34.4 Å². The summed E-state index contributed by atoms with van der Waals surface area (Å²) in [6, 6.07) is 37.4. The Bertz CT molecular complexity index is 2310. The highest BCUT2D eigenvalue weighted by molar-refractivity contribution is 7.89. The van der Waals surface area contributed by atoms with Crippen LogP contribution in [0.4, 0.5) is 4.79 Å². The van der Waals surface area contributed by atoms with Crippen molar-refractivity contribution in [3.05, 3.63) is 149 Å². The SMILES string of the molecule is COCCOCC1(CNC(=O)[C@H]2C[C@@H](NS(=O)(=O)c3ccc(C)cc3)CN(C(=O)OCC3c4ccccc4-c4ccccc43)C2)c2ccccc2Oc2ccccc21. The van der Waals surface area contributed by atoms with E-state index in [1.807, 2.05) is 79.7 Å². The van der Waals surface area contributed by atoms with Crippen LogP contribution in [0.25, 0.3) is 11.1 Å². The van der Waals surface area contributed by atoms with Crippen molar-refractivity contribution in [3.8, 4) is 22.6 Å². The van der Waals surface area contributed by atoms with Crippen LogP contribution in [0.5, 0.6) is 11.5 Å². The van der Waals surface area contributed by atoms with E-state index in [1.54, 1.807) is 31.4 Å². The number of amides is 2. The van der Waals surface area contributed by atoms with Gasteiger partial charge in [0.05, 0.1) is 36.0 Å². The zero-order valence-electron chi connectivity index (χ0n) is 32.6. The Morgan fingerprint density at radius 3 is 2.03 bits per heavy atom. The maximum Gasteiger partial charge on any atom is 0.409 e. The summed E-state index contributed by atoms with van der Waals surface area (Å²) in [5.41, 5.74) is 6.18. The number of aryl methyl sites for hydroxylation is 1. The minimum Gasteiger partial charge on any atom is -0.457 e.